The SMILES string of the molecule is C=C(CCl)C1CC(=O)C2=CCCC(C)C2(C)C1. The van der Waals surface area contributed by atoms with Gasteiger partial charge in [0.2, 0.25) is 0 Å². The first-order chi connectivity index (χ1) is 7.99. The van der Waals surface area contributed by atoms with Crippen LogP contribution in [-0.4, -0.2) is 11.7 Å². The first-order valence-corrected chi connectivity index (χ1v) is 7.00. The van der Waals surface area contributed by atoms with Crippen molar-refractivity contribution in [3.8, 4) is 0 Å². The van der Waals surface area contributed by atoms with E-state index in [4.69, 9.17) is 11.6 Å². The lowest BCUT2D eigenvalue weighted by Crippen LogP contribution is -2.41. The van der Waals surface area contributed by atoms with Gasteiger partial charge in [-0.2, -0.15) is 0 Å². The lowest BCUT2D eigenvalue weighted by Gasteiger charge is -2.46. The Hall–Kier alpha value is -0.560. The maximum Gasteiger partial charge on any atom is 0.159 e. The Morgan fingerprint density at radius 2 is 2.35 bits per heavy atom. The van der Waals surface area contributed by atoms with Crippen LogP contribution in [0.3, 0.4) is 0 Å². The first kappa shape index (κ1) is 12.9. The van der Waals surface area contributed by atoms with Gasteiger partial charge in [0.15, 0.2) is 5.78 Å². The van der Waals surface area contributed by atoms with Crippen LogP contribution in [0.4, 0.5) is 0 Å². The van der Waals surface area contributed by atoms with Crippen LogP contribution in [-0.2, 0) is 4.79 Å². The number of rotatable bonds is 2. The van der Waals surface area contributed by atoms with Crippen LogP contribution in [0.2, 0.25) is 0 Å². The van der Waals surface area contributed by atoms with E-state index in [-0.39, 0.29) is 11.3 Å². The van der Waals surface area contributed by atoms with Gasteiger partial charge < -0.3 is 0 Å². The Morgan fingerprint density at radius 1 is 1.65 bits per heavy atom. The molecule has 0 aromatic rings. The highest BCUT2D eigenvalue weighted by Crippen LogP contribution is 2.51. The second kappa shape index (κ2) is 4.61. The summed E-state index contributed by atoms with van der Waals surface area (Å²) in [6.45, 7) is 8.54. The molecule has 0 heterocycles. The molecule has 0 aromatic heterocycles. The van der Waals surface area contributed by atoms with Crippen LogP contribution >= 0.6 is 11.6 Å². The summed E-state index contributed by atoms with van der Waals surface area (Å²) in [6.07, 6.45) is 6.06. The summed E-state index contributed by atoms with van der Waals surface area (Å²) in [4.78, 5) is 12.3. The van der Waals surface area contributed by atoms with E-state index in [1.807, 2.05) is 0 Å². The third kappa shape index (κ3) is 2.10. The third-order valence-corrected chi connectivity index (χ3v) is 5.15. The van der Waals surface area contributed by atoms with E-state index in [9.17, 15) is 4.79 Å². The summed E-state index contributed by atoms with van der Waals surface area (Å²) in [7, 11) is 0. The molecule has 2 aliphatic carbocycles. The molecule has 0 radical (unpaired) electrons. The number of hydrogen-bond acceptors (Lipinski definition) is 1. The lowest BCUT2D eigenvalue weighted by atomic mass is 9.57. The molecule has 0 aromatic carbocycles. The number of allylic oxidation sites excluding steroid dienone is 3. The van der Waals surface area contributed by atoms with E-state index in [1.54, 1.807) is 0 Å². The minimum atomic E-state index is 0.0489. The predicted octanol–water partition coefficient (Wildman–Crippen LogP) is 4.12. The number of halogens is 1. The number of Topliss-reactive ketones (excluding diaryl/α,β-unsaturated/α-hetero) is 1. The molecule has 2 heteroatoms. The van der Waals surface area contributed by atoms with Gasteiger partial charge in [-0.3, -0.25) is 4.79 Å². The van der Waals surface area contributed by atoms with Gasteiger partial charge in [-0.05, 0) is 42.1 Å². The molecule has 3 atom stereocenters. The first-order valence-electron chi connectivity index (χ1n) is 6.46. The molecule has 0 spiro atoms. The van der Waals surface area contributed by atoms with Gasteiger partial charge in [0.05, 0.1) is 0 Å². The summed E-state index contributed by atoms with van der Waals surface area (Å²) in [6, 6.07) is 0. The largest absolute Gasteiger partial charge is 0.295 e. The van der Waals surface area contributed by atoms with E-state index in [0.717, 1.165) is 24.0 Å². The fourth-order valence-corrected chi connectivity index (χ4v) is 3.57. The highest BCUT2D eigenvalue weighted by atomic mass is 35.5. The van der Waals surface area contributed by atoms with Crippen LogP contribution in [0.15, 0.2) is 23.8 Å². The molecule has 1 fully saturated rings. The molecule has 1 saturated carbocycles. The van der Waals surface area contributed by atoms with Crippen LogP contribution in [0.5, 0.6) is 0 Å². The quantitative estimate of drug-likeness (QED) is 0.534. The number of carbonyl (C=O) groups excluding carboxylic acids is 1. The molecule has 17 heavy (non-hydrogen) atoms. The summed E-state index contributed by atoms with van der Waals surface area (Å²) >= 11 is 5.86. The van der Waals surface area contributed by atoms with Crippen molar-refractivity contribution in [1.29, 1.82) is 0 Å². The minimum Gasteiger partial charge on any atom is -0.295 e. The van der Waals surface area contributed by atoms with Crippen molar-refractivity contribution < 1.29 is 4.79 Å². The average Bonchev–Trinajstić information content (AvgIpc) is 2.30. The average molecular weight is 253 g/mol. The van der Waals surface area contributed by atoms with Crippen molar-refractivity contribution in [3.63, 3.8) is 0 Å². The fraction of sp³-hybridized carbons (Fsp3) is 0.667. The number of hydrogen-bond donors (Lipinski definition) is 0. The standard InChI is InChI=1S/C15H21ClO/c1-10(9-16)12-7-14(17)13-6-4-5-11(2)15(13,3)8-12/h6,11-12H,1,4-5,7-9H2,2-3H3. The predicted molar refractivity (Wildman–Crippen MR) is 72.2 cm³/mol. The van der Waals surface area contributed by atoms with Crippen LogP contribution in [0.25, 0.3) is 0 Å². The molecule has 0 saturated heterocycles. The van der Waals surface area contributed by atoms with E-state index in [1.165, 1.54) is 6.42 Å². The fourth-order valence-electron chi connectivity index (χ4n) is 3.35. The highest BCUT2D eigenvalue weighted by Gasteiger charge is 2.45. The molecular formula is C15H21ClO. The highest BCUT2D eigenvalue weighted by molar-refractivity contribution is 6.19. The van der Waals surface area contributed by atoms with Crippen molar-refractivity contribution in [1.82, 2.24) is 0 Å². The Balaban J connectivity index is 2.31. The van der Waals surface area contributed by atoms with Gasteiger partial charge >= 0.3 is 0 Å². The number of alkyl halides is 1. The Morgan fingerprint density at radius 3 is 3.00 bits per heavy atom. The Kier molecular flexibility index (Phi) is 3.49. The molecule has 2 rings (SSSR count). The molecule has 3 unspecified atom stereocenters. The van der Waals surface area contributed by atoms with Crippen LogP contribution in [0, 0.1) is 17.3 Å². The van der Waals surface area contributed by atoms with Crippen molar-refractivity contribution >= 4 is 17.4 Å². The van der Waals surface area contributed by atoms with Gasteiger partial charge in [0, 0.05) is 12.3 Å². The zero-order chi connectivity index (χ0) is 12.6. The summed E-state index contributed by atoms with van der Waals surface area (Å²) in [5, 5.41) is 0. The topological polar surface area (TPSA) is 17.1 Å². The van der Waals surface area contributed by atoms with Crippen molar-refractivity contribution in [2.24, 2.45) is 17.3 Å². The van der Waals surface area contributed by atoms with Crippen molar-refractivity contribution in [2.75, 3.05) is 5.88 Å². The van der Waals surface area contributed by atoms with E-state index >= 15 is 0 Å². The molecule has 1 nitrogen and oxygen atoms in total. The smallest absolute Gasteiger partial charge is 0.159 e. The molecule has 94 valence electrons. The van der Waals surface area contributed by atoms with Gasteiger partial charge in [-0.1, -0.05) is 32.1 Å². The van der Waals surface area contributed by atoms with Gasteiger partial charge in [-0.15, -0.1) is 11.6 Å². The summed E-state index contributed by atoms with van der Waals surface area (Å²) < 4.78 is 0. The molecule has 0 aliphatic heterocycles. The maximum atomic E-state index is 12.3. The van der Waals surface area contributed by atoms with Crippen molar-refractivity contribution in [3.05, 3.63) is 23.8 Å². The summed E-state index contributed by atoms with van der Waals surface area (Å²) in [5.41, 5.74) is 2.15. The maximum absolute atomic E-state index is 12.3. The Labute approximate surface area is 109 Å². The molecule has 0 amide bonds. The van der Waals surface area contributed by atoms with E-state index in [2.05, 4.69) is 26.5 Å². The second-order valence-corrected chi connectivity index (χ2v) is 6.10. The lowest BCUT2D eigenvalue weighted by molar-refractivity contribution is -0.120. The van der Waals surface area contributed by atoms with Gasteiger partial charge in [0.1, 0.15) is 0 Å². The summed E-state index contributed by atoms with van der Waals surface area (Å²) in [5.74, 6) is 1.66. The minimum absolute atomic E-state index is 0.0489. The molecule has 2 aliphatic rings. The Bertz CT molecular complexity index is 382. The zero-order valence-electron chi connectivity index (χ0n) is 10.8. The monoisotopic (exact) mass is 252 g/mol. The molecule has 0 bridgehead atoms. The second-order valence-electron chi connectivity index (χ2n) is 5.83. The third-order valence-electron chi connectivity index (χ3n) is 4.80. The van der Waals surface area contributed by atoms with E-state index in [0.29, 0.717) is 24.0 Å². The van der Waals surface area contributed by atoms with Crippen LogP contribution < -0.4 is 0 Å². The normalized spacial score (nSPS) is 37.4. The number of carbonyl (C=O) groups is 1. The zero-order valence-corrected chi connectivity index (χ0v) is 11.5. The number of fused-ring (bicyclic) bond motifs is 1. The van der Waals surface area contributed by atoms with Crippen LogP contribution in [0.1, 0.15) is 39.5 Å². The van der Waals surface area contributed by atoms with Crippen molar-refractivity contribution in [2.45, 2.75) is 39.5 Å². The number of ketones is 1. The van der Waals surface area contributed by atoms with Gasteiger partial charge in [0.25, 0.3) is 0 Å². The molecule has 0 N–H and O–H groups in total. The molecular weight excluding hydrogens is 232 g/mol. The van der Waals surface area contributed by atoms with Gasteiger partial charge in [-0.25, -0.2) is 0 Å². The van der Waals surface area contributed by atoms with E-state index < -0.39 is 0 Å².